The lowest BCUT2D eigenvalue weighted by Gasteiger charge is -2.17. The number of thiophene rings is 1. The number of nitrogens with two attached hydrogens (primary N) is 1. The van der Waals surface area contributed by atoms with Crippen molar-refractivity contribution in [1.29, 1.82) is 5.26 Å². The van der Waals surface area contributed by atoms with Crippen molar-refractivity contribution in [3.8, 4) is 6.07 Å². The van der Waals surface area contributed by atoms with Crippen molar-refractivity contribution >= 4 is 22.2 Å². The van der Waals surface area contributed by atoms with E-state index in [9.17, 15) is 4.79 Å². The lowest BCUT2D eigenvalue weighted by atomic mass is 10.0. The van der Waals surface area contributed by atoms with Gasteiger partial charge in [-0.2, -0.15) is 5.26 Å². The fourth-order valence-corrected chi connectivity index (χ4v) is 3.05. The molecule has 19 heavy (non-hydrogen) atoms. The first-order chi connectivity index (χ1) is 9.10. The van der Waals surface area contributed by atoms with Crippen molar-refractivity contribution in [2.75, 3.05) is 25.0 Å². The summed E-state index contributed by atoms with van der Waals surface area (Å²) in [5.41, 5.74) is 6.40. The number of carbonyl (C=O) groups is 1. The van der Waals surface area contributed by atoms with Crippen LogP contribution in [0.3, 0.4) is 0 Å². The monoisotopic (exact) mass is 278 g/mol. The smallest absolute Gasteiger partial charge is 0.239 e. The highest BCUT2D eigenvalue weighted by atomic mass is 32.1. The predicted molar refractivity (Wildman–Crippen MR) is 75.9 cm³/mol. The normalized spacial score (nSPS) is 21.0. The van der Waals surface area contributed by atoms with Crippen LogP contribution in [0.25, 0.3) is 0 Å². The molecule has 2 unspecified atom stereocenters. The van der Waals surface area contributed by atoms with Gasteiger partial charge in [-0.05, 0) is 37.3 Å². The van der Waals surface area contributed by atoms with Crippen molar-refractivity contribution in [2.45, 2.75) is 19.4 Å². The number of amides is 1. The number of nitrogens with zero attached hydrogens (tertiary/aromatic N) is 2. The zero-order chi connectivity index (χ0) is 13.8. The quantitative estimate of drug-likeness (QED) is 0.867. The molecule has 2 rings (SSSR count). The van der Waals surface area contributed by atoms with E-state index in [0.717, 1.165) is 19.5 Å². The van der Waals surface area contributed by atoms with Gasteiger partial charge in [-0.25, -0.2) is 0 Å². The predicted octanol–water partition coefficient (Wildman–Crippen LogP) is 1.23. The maximum atomic E-state index is 11.9. The van der Waals surface area contributed by atoms with E-state index < -0.39 is 0 Å². The summed E-state index contributed by atoms with van der Waals surface area (Å²) < 4.78 is 0. The first-order valence-electron chi connectivity index (χ1n) is 6.35. The van der Waals surface area contributed by atoms with Crippen LogP contribution in [-0.2, 0) is 4.79 Å². The highest BCUT2D eigenvalue weighted by molar-refractivity contribution is 7.14. The van der Waals surface area contributed by atoms with E-state index in [1.807, 2.05) is 6.92 Å². The van der Waals surface area contributed by atoms with Crippen LogP contribution in [-0.4, -0.2) is 36.5 Å². The van der Waals surface area contributed by atoms with Gasteiger partial charge in [0.15, 0.2) is 0 Å². The Morgan fingerprint density at radius 2 is 2.58 bits per heavy atom. The van der Waals surface area contributed by atoms with Crippen LogP contribution in [0.5, 0.6) is 0 Å². The Morgan fingerprint density at radius 1 is 1.79 bits per heavy atom. The molecule has 5 nitrogen and oxygen atoms in total. The average Bonchev–Trinajstić information content (AvgIpc) is 2.97. The van der Waals surface area contributed by atoms with E-state index >= 15 is 0 Å². The van der Waals surface area contributed by atoms with Gasteiger partial charge in [-0.3, -0.25) is 9.69 Å². The molecule has 3 N–H and O–H groups in total. The summed E-state index contributed by atoms with van der Waals surface area (Å²) in [6.45, 7) is 4.17. The lowest BCUT2D eigenvalue weighted by Crippen LogP contribution is -2.34. The van der Waals surface area contributed by atoms with Gasteiger partial charge in [0, 0.05) is 12.6 Å². The SMILES string of the molecule is CC(N)C1CCN(CC(=O)Nc2sccc2C#N)C1. The Balaban J connectivity index is 1.84. The fourth-order valence-electron chi connectivity index (χ4n) is 2.30. The van der Waals surface area contributed by atoms with Crippen molar-refractivity contribution in [3.05, 3.63) is 17.0 Å². The van der Waals surface area contributed by atoms with Crippen LogP contribution >= 0.6 is 11.3 Å². The van der Waals surface area contributed by atoms with Crippen LogP contribution < -0.4 is 11.1 Å². The highest BCUT2D eigenvalue weighted by Crippen LogP contribution is 2.22. The van der Waals surface area contributed by atoms with Gasteiger partial charge in [-0.15, -0.1) is 11.3 Å². The van der Waals surface area contributed by atoms with Crippen LogP contribution in [0.4, 0.5) is 5.00 Å². The molecule has 0 bridgehead atoms. The van der Waals surface area contributed by atoms with E-state index in [4.69, 9.17) is 11.0 Å². The average molecular weight is 278 g/mol. The third-order valence-electron chi connectivity index (χ3n) is 3.46. The standard InChI is InChI=1S/C13H18N4OS/c1-9(15)11-2-4-17(7-11)8-12(18)16-13-10(6-14)3-5-19-13/h3,5,9,11H,2,4,7-8,15H2,1H3,(H,16,18). The second-order valence-corrected chi connectivity index (χ2v) is 5.88. The zero-order valence-electron chi connectivity index (χ0n) is 10.9. The van der Waals surface area contributed by atoms with Gasteiger partial charge in [0.25, 0.3) is 0 Å². The van der Waals surface area contributed by atoms with E-state index in [1.165, 1.54) is 11.3 Å². The number of hydrogen-bond acceptors (Lipinski definition) is 5. The molecule has 6 heteroatoms. The molecule has 1 saturated heterocycles. The summed E-state index contributed by atoms with van der Waals surface area (Å²) in [5.74, 6) is 0.411. The molecule has 102 valence electrons. The number of hydrogen-bond donors (Lipinski definition) is 2. The van der Waals surface area contributed by atoms with Crippen LogP contribution in [0, 0.1) is 17.2 Å². The molecule has 1 aliphatic heterocycles. The van der Waals surface area contributed by atoms with E-state index in [2.05, 4.69) is 16.3 Å². The van der Waals surface area contributed by atoms with Crippen LogP contribution in [0.1, 0.15) is 18.9 Å². The summed E-state index contributed by atoms with van der Waals surface area (Å²) in [4.78, 5) is 14.0. The van der Waals surface area contributed by atoms with Gasteiger partial charge in [0.2, 0.25) is 5.91 Å². The van der Waals surface area contributed by atoms with Crippen molar-refractivity contribution in [1.82, 2.24) is 4.90 Å². The number of anilines is 1. The number of carbonyl (C=O) groups excluding carboxylic acids is 1. The fraction of sp³-hybridized carbons (Fsp3) is 0.538. The molecule has 0 saturated carbocycles. The Kier molecular flexibility index (Phi) is 4.53. The summed E-state index contributed by atoms with van der Waals surface area (Å²) in [6, 6.07) is 3.95. The first-order valence-corrected chi connectivity index (χ1v) is 7.23. The van der Waals surface area contributed by atoms with Crippen LogP contribution in [0.2, 0.25) is 0 Å². The molecule has 1 amide bonds. The first kappa shape index (κ1) is 14.0. The Bertz CT molecular complexity index is 491. The second-order valence-electron chi connectivity index (χ2n) is 4.97. The van der Waals surface area contributed by atoms with Gasteiger partial charge >= 0.3 is 0 Å². The molecule has 0 spiro atoms. The van der Waals surface area contributed by atoms with Crippen molar-refractivity contribution in [2.24, 2.45) is 11.7 Å². The number of likely N-dealkylation sites (tertiary alicyclic amines) is 1. The minimum Gasteiger partial charge on any atom is -0.328 e. The third-order valence-corrected chi connectivity index (χ3v) is 4.29. The lowest BCUT2D eigenvalue weighted by molar-refractivity contribution is -0.117. The Hall–Kier alpha value is -1.42. The summed E-state index contributed by atoms with van der Waals surface area (Å²) in [7, 11) is 0. The molecule has 1 aromatic heterocycles. The molecular weight excluding hydrogens is 260 g/mol. The Labute approximate surface area is 117 Å². The van der Waals surface area contributed by atoms with E-state index in [1.54, 1.807) is 11.4 Å². The molecule has 1 fully saturated rings. The van der Waals surface area contributed by atoms with Crippen LogP contribution in [0.15, 0.2) is 11.4 Å². The second kappa shape index (κ2) is 6.15. The summed E-state index contributed by atoms with van der Waals surface area (Å²) in [6.07, 6.45) is 1.05. The molecule has 2 heterocycles. The largest absolute Gasteiger partial charge is 0.328 e. The molecule has 0 aromatic carbocycles. The number of nitrogens with one attached hydrogen (secondary N) is 1. The molecule has 0 radical (unpaired) electrons. The third kappa shape index (κ3) is 3.53. The minimum absolute atomic E-state index is 0.0655. The molecule has 2 atom stereocenters. The maximum Gasteiger partial charge on any atom is 0.239 e. The van der Waals surface area contributed by atoms with Gasteiger partial charge in [0.1, 0.15) is 11.1 Å². The number of rotatable bonds is 4. The minimum atomic E-state index is -0.0655. The van der Waals surface area contributed by atoms with E-state index in [-0.39, 0.29) is 11.9 Å². The highest BCUT2D eigenvalue weighted by Gasteiger charge is 2.26. The topological polar surface area (TPSA) is 82.2 Å². The zero-order valence-corrected chi connectivity index (χ0v) is 11.7. The molecule has 1 aromatic rings. The summed E-state index contributed by atoms with van der Waals surface area (Å²) in [5, 5.41) is 14.1. The Morgan fingerprint density at radius 3 is 3.21 bits per heavy atom. The number of nitriles is 1. The molecule has 1 aliphatic rings. The molecule has 0 aliphatic carbocycles. The van der Waals surface area contributed by atoms with E-state index in [0.29, 0.717) is 23.0 Å². The summed E-state index contributed by atoms with van der Waals surface area (Å²) >= 11 is 1.37. The van der Waals surface area contributed by atoms with Crippen molar-refractivity contribution in [3.63, 3.8) is 0 Å². The molecular formula is C13H18N4OS. The van der Waals surface area contributed by atoms with Gasteiger partial charge in [-0.1, -0.05) is 0 Å². The maximum absolute atomic E-state index is 11.9. The van der Waals surface area contributed by atoms with Crippen molar-refractivity contribution < 1.29 is 4.79 Å². The van der Waals surface area contributed by atoms with Gasteiger partial charge < -0.3 is 11.1 Å². The van der Waals surface area contributed by atoms with Gasteiger partial charge in [0.05, 0.1) is 12.1 Å².